The van der Waals surface area contributed by atoms with E-state index < -0.39 is 0 Å². The van der Waals surface area contributed by atoms with E-state index in [2.05, 4.69) is 59.0 Å². The second-order valence-electron chi connectivity index (χ2n) is 6.76. The van der Waals surface area contributed by atoms with Crippen molar-refractivity contribution < 1.29 is 0 Å². The zero-order valence-electron chi connectivity index (χ0n) is 11.4. The van der Waals surface area contributed by atoms with Crippen molar-refractivity contribution >= 4 is 5.69 Å². The van der Waals surface area contributed by atoms with E-state index in [1.165, 1.54) is 22.4 Å². The van der Waals surface area contributed by atoms with Crippen molar-refractivity contribution in [1.29, 1.82) is 0 Å². The van der Waals surface area contributed by atoms with Crippen molar-refractivity contribution in [1.82, 2.24) is 0 Å². The number of hydrogen-bond donors (Lipinski definition) is 1. The van der Waals surface area contributed by atoms with Crippen LogP contribution in [0.3, 0.4) is 0 Å². The molecule has 0 radical (unpaired) electrons. The van der Waals surface area contributed by atoms with Gasteiger partial charge in [0.15, 0.2) is 0 Å². The van der Waals surface area contributed by atoms with E-state index in [1.54, 1.807) is 0 Å². The summed E-state index contributed by atoms with van der Waals surface area (Å²) in [5.41, 5.74) is 6.13. The Morgan fingerprint density at radius 2 is 1.81 bits per heavy atom. The van der Waals surface area contributed by atoms with E-state index in [9.17, 15) is 0 Å². The molecule has 1 aliphatic heterocycles. The highest BCUT2D eigenvalue weighted by Crippen LogP contribution is 2.37. The number of anilines is 1. The number of nitrogens with one attached hydrogen (secondary N) is 1. The average molecular weight is 217 g/mol. The molecule has 0 aliphatic carbocycles. The number of rotatable bonds is 0. The standard InChI is InChI=1S/C15H23N/c1-10-7-13-11(9-15(5,6)16-13)8-12(10)14(2,3)4/h7-8,16H,9H2,1-6H3. The molecule has 1 aromatic rings. The second kappa shape index (κ2) is 3.26. The summed E-state index contributed by atoms with van der Waals surface area (Å²) in [6.45, 7) is 13.6. The van der Waals surface area contributed by atoms with Crippen LogP contribution in [0.15, 0.2) is 12.1 Å². The van der Waals surface area contributed by atoms with Crippen LogP contribution >= 0.6 is 0 Å². The lowest BCUT2D eigenvalue weighted by Gasteiger charge is -2.22. The molecular weight excluding hydrogens is 194 g/mol. The Morgan fingerprint density at radius 1 is 1.19 bits per heavy atom. The van der Waals surface area contributed by atoms with Crippen molar-refractivity contribution in [3.05, 3.63) is 28.8 Å². The van der Waals surface area contributed by atoms with Crippen molar-refractivity contribution in [2.75, 3.05) is 5.32 Å². The molecule has 0 bridgehead atoms. The summed E-state index contributed by atoms with van der Waals surface area (Å²) in [5, 5.41) is 3.59. The molecule has 0 saturated heterocycles. The van der Waals surface area contributed by atoms with Crippen molar-refractivity contribution in [3.8, 4) is 0 Å². The Hall–Kier alpha value is -0.980. The van der Waals surface area contributed by atoms with Crippen LogP contribution in [0.4, 0.5) is 5.69 Å². The molecule has 2 rings (SSSR count). The van der Waals surface area contributed by atoms with Gasteiger partial charge in [0.2, 0.25) is 0 Å². The molecular formula is C15H23N. The zero-order chi connectivity index (χ0) is 12.1. The van der Waals surface area contributed by atoms with E-state index in [4.69, 9.17) is 0 Å². The third kappa shape index (κ3) is 1.95. The monoisotopic (exact) mass is 217 g/mol. The van der Waals surface area contributed by atoms with Crippen molar-refractivity contribution in [2.45, 2.75) is 58.9 Å². The number of aryl methyl sites for hydroxylation is 1. The molecule has 88 valence electrons. The van der Waals surface area contributed by atoms with Gasteiger partial charge in [0.1, 0.15) is 0 Å². The summed E-state index contributed by atoms with van der Waals surface area (Å²) in [5.74, 6) is 0. The van der Waals surface area contributed by atoms with Crippen molar-refractivity contribution in [2.24, 2.45) is 0 Å². The Balaban J connectivity index is 2.49. The Bertz CT molecular complexity index is 422. The van der Waals surface area contributed by atoms with Crippen LogP contribution in [0.5, 0.6) is 0 Å². The molecule has 1 aromatic carbocycles. The first-order valence-corrected chi connectivity index (χ1v) is 6.11. The third-order valence-corrected chi connectivity index (χ3v) is 3.36. The van der Waals surface area contributed by atoms with Crippen molar-refractivity contribution in [3.63, 3.8) is 0 Å². The maximum Gasteiger partial charge on any atom is 0.0380 e. The van der Waals surface area contributed by atoms with Gasteiger partial charge in [-0.3, -0.25) is 0 Å². The molecule has 1 aliphatic rings. The topological polar surface area (TPSA) is 12.0 Å². The van der Waals surface area contributed by atoms with E-state index in [0.717, 1.165) is 6.42 Å². The minimum Gasteiger partial charge on any atom is -0.380 e. The molecule has 0 atom stereocenters. The maximum atomic E-state index is 3.59. The SMILES string of the molecule is Cc1cc2c(cc1C(C)(C)C)CC(C)(C)N2. The second-order valence-corrected chi connectivity index (χ2v) is 6.76. The van der Waals surface area contributed by atoms with Crippen LogP contribution in [0, 0.1) is 6.92 Å². The molecule has 1 heteroatoms. The summed E-state index contributed by atoms with van der Waals surface area (Å²) in [6.07, 6.45) is 1.13. The van der Waals surface area contributed by atoms with E-state index in [0.29, 0.717) is 0 Å². The minimum atomic E-state index is 0.214. The maximum absolute atomic E-state index is 3.59. The summed E-state index contributed by atoms with van der Waals surface area (Å²) < 4.78 is 0. The minimum absolute atomic E-state index is 0.214. The van der Waals surface area contributed by atoms with Gasteiger partial charge in [0, 0.05) is 11.2 Å². The highest BCUT2D eigenvalue weighted by Gasteiger charge is 2.29. The van der Waals surface area contributed by atoms with E-state index in [1.807, 2.05) is 0 Å². The first-order valence-electron chi connectivity index (χ1n) is 6.11. The molecule has 0 aromatic heterocycles. The highest BCUT2D eigenvalue weighted by molar-refractivity contribution is 5.62. The Morgan fingerprint density at radius 3 is 2.38 bits per heavy atom. The van der Waals surface area contributed by atoms with Crippen LogP contribution in [-0.2, 0) is 11.8 Å². The number of fused-ring (bicyclic) bond motifs is 1. The first kappa shape index (κ1) is 11.5. The lowest BCUT2D eigenvalue weighted by molar-refractivity contribution is 0.580. The van der Waals surface area contributed by atoms with Crippen LogP contribution in [-0.4, -0.2) is 5.54 Å². The summed E-state index contributed by atoms with van der Waals surface area (Å²) in [4.78, 5) is 0. The molecule has 0 fully saturated rings. The Labute approximate surface area is 99.3 Å². The summed E-state index contributed by atoms with van der Waals surface area (Å²) in [7, 11) is 0. The molecule has 1 heterocycles. The fourth-order valence-corrected chi connectivity index (χ4v) is 2.71. The van der Waals surface area contributed by atoms with Gasteiger partial charge in [-0.25, -0.2) is 0 Å². The van der Waals surface area contributed by atoms with Gasteiger partial charge < -0.3 is 5.32 Å². The highest BCUT2D eigenvalue weighted by atomic mass is 15.0. The molecule has 0 unspecified atom stereocenters. The van der Waals surface area contributed by atoms with Crippen LogP contribution in [0.1, 0.15) is 51.3 Å². The van der Waals surface area contributed by atoms with E-state index in [-0.39, 0.29) is 11.0 Å². The Kier molecular flexibility index (Phi) is 2.34. The normalized spacial score (nSPS) is 18.1. The quantitative estimate of drug-likeness (QED) is 0.691. The summed E-state index contributed by atoms with van der Waals surface area (Å²) in [6, 6.07) is 4.71. The summed E-state index contributed by atoms with van der Waals surface area (Å²) >= 11 is 0. The fourth-order valence-electron chi connectivity index (χ4n) is 2.71. The lowest BCUT2D eigenvalue weighted by Crippen LogP contribution is -2.27. The molecule has 1 nitrogen and oxygen atoms in total. The van der Waals surface area contributed by atoms with Gasteiger partial charge in [-0.2, -0.15) is 0 Å². The molecule has 0 saturated carbocycles. The van der Waals surface area contributed by atoms with Gasteiger partial charge in [-0.1, -0.05) is 26.8 Å². The van der Waals surface area contributed by atoms with Crippen LogP contribution in [0.25, 0.3) is 0 Å². The fraction of sp³-hybridized carbons (Fsp3) is 0.600. The van der Waals surface area contributed by atoms with E-state index >= 15 is 0 Å². The molecule has 1 N–H and O–H groups in total. The zero-order valence-corrected chi connectivity index (χ0v) is 11.4. The van der Waals surface area contributed by atoms with Gasteiger partial charge >= 0.3 is 0 Å². The van der Waals surface area contributed by atoms with Gasteiger partial charge in [0.25, 0.3) is 0 Å². The number of hydrogen-bond acceptors (Lipinski definition) is 1. The lowest BCUT2D eigenvalue weighted by atomic mass is 9.82. The van der Waals surface area contributed by atoms with Gasteiger partial charge in [0.05, 0.1) is 0 Å². The number of benzene rings is 1. The smallest absolute Gasteiger partial charge is 0.0380 e. The van der Waals surface area contributed by atoms with Gasteiger partial charge in [-0.15, -0.1) is 0 Å². The molecule has 0 amide bonds. The largest absolute Gasteiger partial charge is 0.380 e. The van der Waals surface area contributed by atoms with Crippen LogP contribution in [0.2, 0.25) is 0 Å². The predicted molar refractivity (Wildman–Crippen MR) is 71.3 cm³/mol. The van der Waals surface area contributed by atoms with Crippen LogP contribution < -0.4 is 5.32 Å². The predicted octanol–water partition coefficient (Wildman–Crippen LogP) is 4.04. The van der Waals surface area contributed by atoms with Gasteiger partial charge in [-0.05, 0) is 55.4 Å². The first-order chi connectivity index (χ1) is 7.19. The molecule has 0 spiro atoms. The third-order valence-electron chi connectivity index (χ3n) is 3.36. The average Bonchev–Trinajstić information content (AvgIpc) is 2.34. The molecule has 16 heavy (non-hydrogen) atoms.